The monoisotopic (exact) mass is 164 g/mol. The lowest BCUT2D eigenvalue weighted by atomic mass is 9.67. The van der Waals surface area contributed by atoms with E-state index in [1.165, 1.54) is 0 Å². The molecule has 0 aliphatic carbocycles. The van der Waals surface area contributed by atoms with Crippen LogP contribution in [0.3, 0.4) is 0 Å². The topological polar surface area (TPSA) is 9.23 Å². The van der Waals surface area contributed by atoms with Crippen LogP contribution in [0.25, 0.3) is 0 Å². The van der Waals surface area contributed by atoms with Crippen LogP contribution in [-0.4, -0.2) is 13.1 Å². The van der Waals surface area contributed by atoms with Crippen molar-refractivity contribution in [3.05, 3.63) is 0 Å². The summed E-state index contributed by atoms with van der Waals surface area (Å²) in [5.74, 6) is 0. The molecule has 10 heavy (non-hydrogen) atoms. The molecule has 0 saturated carbocycles. The predicted molar refractivity (Wildman–Crippen MR) is 46.4 cm³/mol. The highest BCUT2D eigenvalue weighted by molar-refractivity contribution is 7.48. The molecule has 0 aliphatic heterocycles. The highest BCUT2D eigenvalue weighted by Gasteiger charge is 2.12. The van der Waals surface area contributed by atoms with Crippen LogP contribution in [0.15, 0.2) is 0 Å². The zero-order chi connectivity index (χ0) is 7.98. The van der Waals surface area contributed by atoms with E-state index in [9.17, 15) is 4.20 Å². The fourth-order valence-corrected chi connectivity index (χ4v) is 1.37. The molecule has 0 heterocycles. The van der Waals surface area contributed by atoms with Crippen molar-refractivity contribution >= 4 is 15.4 Å². The average Bonchev–Trinajstić information content (AvgIpc) is 1.88. The van der Waals surface area contributed by atoms with E-state index >= 15 is 0 Å². The maximum absolute atomic E-state index is 12.5. The molecule has 4 heteroatoms. The minimum Gasteiger partial charge on any atom is -0.391 e. The van der Waals surface area contributed by atoms with Gasteiger partial charge in [-0.2, -0.15) is 4.20 Å². The summed E-state index contributed by atoms with van der Waals surface area (Å²) in [6.07, 6.45) is 2.54. The molecule has 0 aromatic rings. The molecule has 0 bridgehead atoms. The molecular weight excluding hydrogens is 149 g/mol. The van der Waals surface area contributed by atoms with Gasteiger partial charge in [0, 0.05) is 6.16 Å². The lowest BCUT2D eigenvalue weighted by Crippen LogP contribution is -2.08. The van der Waals surface area contributed by atoms with Gasteiger partial charge in [0.25, 0.3) is 6.92 Å². The molecule has 0 aromatic carbocycles. The quantitative estimate of drug-likeness (QED) is 0.447. The summed E-state index contributed by atoms with van der Waals surface area (Å²) >= 11 is 0. The molecule has 0 spiro atoms. The van der Waals surface area contributed by atoms with Crippen LogP contribution in [0.2, 0.25) is 13.1 Å². The van der Waals surface area contributed by atoms with Gasteiger partial charge in [-0.1, -0.05) is 27.1 Å². The average molecular weight is 164 g/mol. The van der Waals surface area contributed by atoms with E-state index in [-0.39, 0.29) is 6.92 Å². The summed E-state index contributed by atoms with van der Waals surface area (Å²) in [6.45, 7) is 5.91. The molecule has 0 N–H and O–H groups in total. The summed E-state index contributed by atoms with van der Waals surface area (Å²) < 4.78 is 17.6. The first kappa shape index (κ1) is 10.4. The van der Waals surface area contributed by atoms with E-state index in [4.69, 9.17) is 4.44 Å². The lowest BCUT2D eigenvalue weighted by molar-refractivity contribution is 0.577. The zero-order valence-corrected chi connectivity index (χ0v) is 7.83. The molecule has 0 rings (SSSR count). The van der Waals surface area contributed by atoms with Crippen LogP contribution in [0.4, 0.5) is 4.20 Å². The molecule has 0 amide bonds. The fraction of sp³-hybridized carbons (Fsp3) is 1.00. The Labute approximate surface area is 64.4 Å². The van der Waals surface area contributed by atoms with Crippen molar-refractivity contribution in [1.29, 1.82) is 0 Å². The summed E-state index contributed by atoms with van der Waals surface area (Å²) in [4.78, 5) is 0. The van der Waals surface area contributed by atoms with Gasteiger partial charge in [-0.15, -0.1) is 0 Å². The summed E-state index contributed by atoms with van der Waals surface area (Å²) in [5.41, 5.74) is 0. The van der Waals surface area contributed by atoms with Gasteiger partial charge in [-0.25, -0.2) is 0 Å². The molecule has 0 fully saturated rings. The first-order valence-corrected chi connectivity index (χ1v) is 5.14. The molecule has 0 saturated heterocycles. The van der Waals surface area contributed by atoms with E-state index in [1.54, 1.807) is 0 Å². The smallest absolute Gasteiger partial charge is 0.297 e. The lowest BCUT2D eigenvalue weighted by Gasteiger charge is -2.09. The molecule has 0 aliphatic rings. The van der Waals surface area contributed by atoms with Gasteiger partial charge >= 0.3 is 0 Å². The van der Waals surface area contributed by atoms with Gasteiger partial charge in [-0.3, -0.25) is 0 Å². The van der Waals surface area contributed by atoms with Crippen LogP contribution in [-0.2, 0) is 4.44 Å². The van der Waals surface area contributed by atoms with Crippen molar-refractivity contribution < 1.29 is 8.64 Å². The Kier molecular flexibility index (Phi) is 6.35. The Balaban J connectivity index is 3.27. The fourth-order valence-electron chi connectivity index (χ4n) is 0.729. The molecule has 0 radical (unpaired) electrons. The van der Waals surface area contributed by atoms with Gasteiger partial charge < -0.3 is 4.44 Å². The van der Waals surface area contributed by atoms with Gasteiger partial charge in [-0.05, 0) is 6.32 Å². The number of hydrogen-bond donors (Lipinski definition) is 0. The standard InChI is InChI=1S/C6H15BFOP/c1-4-6-7(3)9-10(8)5-2/h4-6H2,1-3H3. The second kappa shape index (κ2) is 6.12. The maximum atomic E-state index is 12.5. The molecular formula is C6H15BFOP. The predicted octanol–water partition coefficient (Wildman–Crippen LogP) is 3.34. The van der Waals surface area contributed by atoms with Crippen molar-refractivity contribution in [3.8, 4) is 0 Å². The molecule has 1 atom stereocenters. The van der Waals surface area contributed by atoms with Gasteiger partial charge in [0.1, 0.15) is 0 Å². The number of hydrogen-bond acceptors (Lipinski definition) is 1. The van der Waals surface area contributed by atoms with Crippen molar-refractivity contribution in [1.82, 2.24) is 0 Å². The normalized spacial score (nSPS) is 13.2. The third-order valence-electron chi connectivity index (χ3n) is 1.24. The third-order valence-corrected chi connectivity index (χ3v) is 2.32. The Hall–Kier alpha value is 0.385. The molecule has 1 nitrogen and oxygen atoms in total. The number of rotatable bonds is 5. The van der Waals surface area contributed by atoms with Gasteiger partial charge in [0.15, 0.2) is 0 Å². The summed E-state index contributed by atoms with van der Waals surface area (Å²) in [5, 5.41) is 0. The zero-order valence-electron chi connectivity index (χ0n) is 6.93. The van der Waals surface area contributed by atoms with Crippen molar-refractivity contribution in [2.24, 2.45) is 0 Å². The minimum atomic E-state index is -1.63. The SMILES string of the molecule is CCCB(C)OP(F)CC. The highest BCUT2D eigenvalue weighted by atomic mass is 31.2. The third kappa shape index (κ3) is 5.19. The second-order valence-electron chi connectivity index (χ2n) is 2.34. The highest BCUT2D eigenvalue weighted by Crippen LogP contribution is 2.38. The minimum absolute atomic E-state index is 0.0982. The molecule has 60 valence electrons. The van der Waals surface area contributed by atoms with E-state index in [2.05, 4.69) is 6.92 Å². The first-order chi connectivity index (χ1) is 4.70. The van der Waals surface area contributed by atoms with Crippen LogP contribution < -0.4 is 0 Å². The van der Waals surface area contributed by atoms with E-state index in [0.29, 0.717) is 6.16 Å². The Morgan fingerprint density at radius 1 is 1.50 bits per heavy atom. The Morgan fingerprint density at radius 3 is 2.50 bits per heavy atom. The van der Waals surface area contributed by atoms with E-state index in [1.807, 2.05) is 13.7 Å². The van der Waals surface area contributed by atoms with E-state index in [0.717, 1.165) is 12.7 Å². The Bertz CT molecular complexity index is 84.1. The summed E-state index contributed by atoms with van der Waals surface area (Å²) in [6, 6.07) is 0. The van der Waals surface area contributed by atoms with Crippen molar-refractivity contribution in [2.45, 2.75) is 33.4 Å². The van der Waals surface area contributed by atoms with Crippen molar-refractivity contribution in [3.63, 3.8) is 0 Å². The Morgan fingerprint density at radius 2 is 2.10 bits per heavy atom. The molecule has 1 unspecified atom stereocenters. The summed E-state index contributed by atoms with van der Waals surface area (Å²) in [7, 11) is -1.63. The van der Waals surface area contributed by atoms with Crippen LogP contribution in [0.1, 0.15) is 20.3 Å². The largest absolute Gasteiger partial charge is 0.391 e. The maximum Gasteiger partial charge on any atom is 0.297 e. The van der Waals surface area contributed by atoms with Crippen LogP contribution in [0, 0.1) is 0 Å². The molecule has 0 aromatic heterocycles. The van der Waals surface area contributed by atoms with Gasteiger partial charge in [0.2, 0.25) is 8.46 Å². The first-order valence-electron chi connectivity index (χ1n) is 3.80. The van der Waals surface area contributed by atoms with Crippen LogP contribution in [0.5, 0.6) is 0 Å². The van der Waals surface area contributed by atoms with Gasteiger partial charge in [0.05, 0.1) is 0 Å². The van der Waals surface area contributed by atoms with Crippen molar-refractivity contribution in [2.75, 3.05) is 6.16 Å². The second-order valence-corrected chi connectivity index (χ2v) is 3.82. The van der Waals surface area contributed by atoms with E-state index < -0.39 is 8.46 Å². The number of halogens is 1. The van der Waals surface area contributed by atoms with Crippen LogP contribution >= 0.6 is 8.46 Å².